The number of aromatic nitrogens is 1. The van der Waals surface area contributed by atoms with Crippen molar-refractivity contribution >= 4 is 32.5 Å². The minimum absolute atomic E-state index is 0.334. The smallest absolute Gasteiger partial charge is 0.148 e. The largest absolute Gasteiger partial charge is 0.323 e. The van der Waals surface area contributed by atoms with Crippen LogP contribution >= 0.6 is 15.9 Å². The molecule has 0 saturated carbocycles. The van der Waals surface area contributed by atoms with Crippen molar-refractivity contribution in [1.29, 1.82) is 0 Å². The van der Waals surface area contributed by atoms with Gasteiger partial charge in [-0.15, -0.1) is 0 Å². The van der Waals surface area contributed by atoms with E-state index in [1.165, 1.54) is 0 Å². The molecular weight excluding hydrogens is 297 g/mol. The van der Waals surface area contributed by atoms with Crippen molar-refractivity contribution in [3.05, 3.63) is 33.7 Å². The predicted molar refractivity (Wildman–Crippen MR) is 75.9 cm³/mol. The van der Waals surface area contributed by atoms with Crippen LogP contribution in [-0.4, -0.2) is 4.98 Å². The Kier molecular flexibility index (Phi) is 3.82. The van der Waals surface area contributed by atoms with Crippen molar-refractivity contribution in [3.63, 3.8) is 0 Å². The molecule has 96 valence electrons. The summed E-state index contributed by atoms with van der Waals surface area (Å²) in [5.74, 6) is 5.16. The second-order valence-electron chi connectivity index (χ2n) is 4.27. The highest BCUT2D eigenvalue weighted by Crippen LogP contribution is 2.32. The molecule has 0 atom stereocenters. The van der Waals surface area contributed by atoms with Gasteiger partial charge in [-0.1, -0.05) is 13.3 Å². The molecule has 0 spiro atoms. The first-order valence-corrected chi connectivity index (χ1v) is 6.62. The van der Waals surface area contributed by atoms with Gasteiger partial charge < -0.3 is 5.43 Å². The molecule has 5 heteroatoms. The molecule has 0 aliphatic heterocycles. The molecule has 18 heavy (non-hydrogen) atoms. The standard InChI is InChI=1S/C13H15BrFN3/c1-3-4-8-6-10(18-16)11-12(15)9(14)5-7(2)13(11)17-8/h5-6H,3-4,16H2,1-2H3,(H,17,18). The van der Waals surface area contributed by atoms with E-state index in [0.29, 0.717) is 21.1 Å². The van der Waals surface area contributed by atoms with Gasteiger partial charge in [-0.25, -0.2) is 4.39 Å². The van der Waals surface area contributed by atoms with Crippen LogP contribution in [0.4, 0.5) is 10.1 Å². The van der Waals surface area contributed by atoms with Gasteiger partial charge in [-0.3, -0.25) is 10.8 Å². The number of hydrogen-bond donors (Lipinski definition) is 2. The fraction of sp³-hybridized carbons (Fsp3) is 0.308. The van der Waals surface area contributed by atoms with Gasteiger partial charge in [0.05, 0.1) is 21.1 Å². The number of nitrogens with one attached hydrogen (secondary N) is 1. The van der Waals surface area contributed by atoms with Crippen LogP contribution in [0.1, 0.15) is 24.6 Å². The molecule has 1 aromatic heterocycles. The molecule has 3 N–H and O–H groups in total. The first kappa shape index (κ1) is 13.2. The maximum atomic E-state index is 14.2. The SMILES string of the molecule is CCCc1cc(NN)c2c(F)c(Br)cc(C)c2n1. The molecule has 2 rings (SSSR count). The van der Waals surface area contributed by atoms with Crippen molar-refractivity contribution in [2.24, 2.45) is 5.84 Å². The van der Waals surface area contributed by atoms with E-state index in [1.54, 1.807) is 12.1 Å². The summed E-state index contributed by atoms with van der Waals surface area (Å²) in [6, 6.07) is 3.54. The van der Waals surface area contributed by atoms with Crippen LogP contribution in [0.15, 0.2) is 16.6 Å². The molecule has 0 amide bonds. The lowest BCUT2D eigenvalue weighted by molar-refractivity contribution is 0.633. The summed E-state index contributed by atoms with van der Waals surface area (Å²) >= 11 is 3.21. The summed E-state index contributed by atoms with van der Waals surface area (Å²) < 4.78 is 14.6. The van der Waals surface area contributed by atoms with Gasteiger partial charge in [-0.2, -0.15) is 0 Å². The number of nitrogen functional groups attached to an aromatic ring is 1. The monoisotopic (exact) mass is 311 g/mol. The van der Waals surface area contributed by atoms with Crippen molar-refractivity contribution in [1.82, 2.24) is 4.98 Å². The molecule has 1 aromatic carbocycles. The number of benzene rings is 1. The Hall–Kier alpha value is -1.20. The molecule has 0 aliphatic rings. The van der Waals surface area contributed by atoms with Gasteiger partial charge >= 0.3 is 0 Å². The maximum Gasteiger partial charge on any atom is 0.148 e. The Morgan fingerprint density at radius 2 is 2.17 bits per heavy atom. The van der Waals surface area contributed by atoms with Crippen molar-refractivity contribution in [2.45, 2.75) is 26.7 Å². The Labute approximate surface area is 114 Å². The van der Waals surface area contributed by atoms with Gasteiger partial charge in [0.2, 0.25) is 0 Å². The van der Waals surface area contributed by atoms with Crippen molar-refractivity contribution < 1.29 is 4.39 Å². The topological polar surface area (TPSA) is 50.9 Å². The Morgan fingerprint density at radius 1 is 1.44 bits per heavy atom. The van der Waals surface area contributed by atoms with Gasteiger partial charge in [0.15, 0.2) is 0 Å². The van der Waals surface area contributed by atoms with E-state index in [-0.39, 0.29) is 5.82 Å². The average molecular weight is 312 g/mol. The molecule has 0 aliphatic carbocycles. The van der Waals surface area contributed by atoms with E-state index in [1.807, 2.05) is 6.92 Å². The first-order valence-electron chi connectivity index (χ1n) is 5.83. The number of anilines is 1. The van der Waals surface area contributed by atoms with Crippen LogP contribution in [0.25, 0.3) is 10.9 Å². The van der Waals surface area contributed by atoms with Gasteiger partial charge in [0.1, 0.15) is 5.82 Å². The Bertz CT molecular complexity index is 599. The third kappa shape index (κ3) is 2.20. The van der Waals surface area contributed by atoms with Crippen molar-refractivity contribution in [2.75, 3.05) is 5.43 Å². The lowest BCUT2D eigenvalue weighted by atomic mass is 10.1. The molecular formula is C13H15BrFN3. The summed E-state index contributed by atoms with van der Waals surface area (Å²) in [6.07, 6.45) is 1.84. The van der Waals surface area contributed by atoms with E-state index in [0.717, 1.165) is 24.1 Å². The quantitative estimate of drug-likeness (QED) is 0.671. The number of pyridine rings is 1. The van der Waals surface area contributed by atoms with Crippen molar-refractivity contribution in [3.8, 4) is 0 Å². The molecule has 0 fully saturated rings. The summed E-state index contributed by atoms with van der Waals surface area (Å²) in [5, 5.41) is 0.434. The Morgan fingerprint density at radius 3 is 2.78 bits per heavy atom. The number of halogens is 2. The minimum atomic E-state index is -0.334. The second kappa shape index (κ2) is 5.20. The number of hydrazine groups is 1. The normalized spacial score (nSPS) is 10.9. The van der Waals surface area contributed by atoms with Gasteiger partial charge in [0.25, 0.3) is 0 Å². The highest BCUT2D eigenvalue weighted by Gasteiger charge is 2.14. The summed E-state index contributed by atoms with van der Waals surface area (Å²) in [4.78, 5) is 4.52. The van der Waals surface area contributed by atoms with Gasteiger partial charge in [0, 0.05) is 5.69 Å². The molecule has 0 radical (unpaired) electrons. The zero-order valence-corrected chi connectivity index (χ0v) is 11.9. The van der Waals surface area contributed by atoms with E-state index in [9.17, 15) is 4.39 Å². The minimum Gasteiger partial charge on any atom is -0.323 e. The predicted octanol–water partition coefficient (Wildman–Crippen LogP) is 3.68. The maximum absolute atomic E-state index is 14.2. The van der Waals surface area contributed by atoms with Crippen LogP contribution < -0.4 is 11.3 Å². The lowest BCUT2D eigenvalue weighted by Gasteiger charge is -2.12. The van der Waals surface area contributed by atoms with Crippen LogP contribution in [0, 0.1) is 12.7 Å². The third-order valence-corrected chi connectivity index (χ3v) is 3.46. The second-order valence-corrected chi connectivity index (χ2v) is 5.12. The van der Waals surface area contributed by atoms with Crippen LogP contribution in [0.5, 0.6) is 0 Å². The molecule has 3 nitrogen and oxygen atoms in total. The molecule has 0 unspecified atom stereocenters. The number of nitrogens with zero attached hydrogens (tertiary/aromatic N) is 1. The van der Waals surface area contributed by atoms with E-state index >= 15 is 0 Å². The lowest BCUT2D eigenvalue weighted by Crippen LogP contribution is -2.09. The highest BCUT2D eigenvalue weighted by atomic mass is 79.9. The van der Waals surface area contributed by atoms with Crippen LogP contribution in [-0.2, 0) is 6.42 Å². The van der Waals surface area contributed by atoms with E-state index in [4.69, 9.17) is 5.84 Å². The first-order chi connectivity index (χ1) is 8.58. The van der Waals surface area contributed by atoms with E-state index < -0.39 is 0 Å². The summed E-state index contributed by atoms with van der Waals surface area (Å²) in [7, 11) is 0. The summed E-state index contributed by atoms with van der Waals surface area (Å²) in [6.45, 7) is 3.99. The zero-order valence-electron chi connectivity index (χ0n) is 10.3. The number of fused-ring (bicyclic) bond motifs is 1. The molecule has 1 heterocycles. The van der Waals surface area contributed by atoms with Crippen LogP contribution in [0.3, 0.4) is 0 Å². The van der Waals surface area contributed by atoms with Gasteiger partial charge in [-0.05, 0) is 47.0 Å². The highest BCUT2D eigenvalue weighted by molar-refractivity contribution is 9.10. The number of hydrogen-bond acceptors (Lipinski definition) is 3. The number of rotatable bonds is 3. The summed E-state index contributed by atoms with van der Waals surface area (Å²) in [5.41, 5.74) is 5.64. The zero-order chi connectivity index (χ0) is 13.3. The fourth-order valence-corrected chi connectivity index (χ4v) is 2.59. The molecule has 0 bridgehead atoms. The molecule has 0 saturated heterocycles. The third-order valence-electron chi connectivity index (χ3n) is 2.88. The van der Waals surface area contributed by atoms with Crippen LogP contribution in [0.2, 0.25) is 0 Å². The Balaban J connectivity index is 2.82. The fourth-order valence-electron chi connectivity index (χ4n) is 2.04. The van der Waals surface area contributed by atoms with E-state index in [2.05, 4.69) is 33.3 Å². The molecule has 2 aromatic rings. The number of nitrogens with two attached hydrogens (primary N) is 1. The number of aryl methyl sites for hydroxylation is 2. The average Bonchev–Trinajstić information content (AvgIpc) is 2.35.